The predicted molar refractivity (Wildman–Crippen MR) is 150 cm³/mol. The molecule has 3 amide bonds. The minimum Gasteiger partial charge on any atom is -0.493 e. The molecular weight excluding hydrogens is 510 g/mol. The number of methoxy groups -OCH3 is 2. The molecule has 7 nitrogen and oxygen atoms in total. The van der Waals surface area contributed by atoms with Crippen molar-refractivity contribution in [3.8, 4) is 11.5 Å². The Morgan fingerprint density at radius 2 is 1.78 bits per heavy atom. The summed E-state index contributed by atoms with van der Waals surface area (Å²) in [6, 6.07) is 14.2. The van der Waals surface area contributed by atoms with Gasteiger partial charge in [0.2, 0.25) is 5.91 Å². The predicted octanol–water partition coefficient (Wildman–Crippen LogP) is 6.02. The van der Waals surface area contributed by atoms with Crippen LogP contribution in [0.3, 0.4) is 0 Å². The van der Waals surface area contributed by atoms with Gasteiger partial charge >= 0.3 is 6.03 Å². The van der Waals surface area contributed by atoms with Crippen LogP contribution < -0.4 is 14.8 Å². The second-order valence-corrected chi connectivity index (χ2v) is 9.82. The minimum atomic E-state index is -0.386. The number of anilines is 1. The van der Waals surface area contributed by atoms with E-state index in [9.17, 15) is 9.59 Å². The molecule has 0 aliphatic rings. The standard InChI is InChI=1S/C28H32ClN3O4S/c1-5-14-32(28(34)30-23-9-7-22(29)8-10-23)19-27(33)31(18-26-20(2)13-16-37-26)15-12-21-6-11-24(35-3)25(17-21)36-4/h5-11,13,16-17H,1,12,14-15,18-19H2,2-4H3,(H,30,34). The number of urea groups is 1. The summed E-state index contributed by atoms with van der Waals surface area (Å²) in [5.74, 6) is 1.14. The van der Waals surface area contributed by atoms with Gasteiger partial charge in [0.15, 0.2) is 11.5 Å². The molecular formula is C28H32ClN3O4S. The van der Waals surface area contributed by atoms with E-state index in [0.717, 1.165) is 16.0 Å². The summed E-state index contributed by atoms with van der Waals surface area (Å²) >= 11 is 7.56. The van der Waals surface area contributed by atoms with E-state index in [0.29, 0.717) is 41.7 Å². The third kappa shape index (κ3) is 8.00. The number of hydrogen-bond acceptors (Lipinski definition) is 5. The van der Waals surface area contributed by atoms with Crippen molar-refractivity contribution < 1.29 is 19.1 Å². The van der Waals surface area contributed by atoms with E-state index in [4.69, 9.17) is 21.1 Å². The van der Waals surface area contributed by atoms with Gasteiger partial charge in [-0.2, -0.15) is 0 Å². The van der Waals surface area contributed by atoms with Crippen LogP contribution in [0.1, 0.15) is 16.0 Å². The van der Waals surface area contributed by atoms with Crippen LogP contribution in [-0.4, -0.2) is 55.6 Å². The summed E-state index contributed by atoms with van der Waals surface area (Å²) in [7, 11) is 3.19. The largest absolute Gasteiger partial charge is 0.493 e. The Morgan fingerprint density at radius 3 is 2.41 bits per heavy atom. The lowest BCUT2D eigenvalue weighted by Crippen LogP contribution is -2.44. The molecule has 0 bridgehead atoms. The zero-order chi connectivity index (χ0) is 26.8. The van der Waals surface area contributed by atoms with Crippen molar-refractivity contribution in [1.82, 2.24) is 9.80 Å². The van der Waals surface area contributed by atoms with E-state index < -0.39 is 0 Å². The molecule has 1 heterocycles. The number of ether oxygens (including phenoxy) is 2. The topological polar surface area (TPSA) is 71.1 Å². The van der Waals surface area contributed by atoms with E-state index in [-0.39, 0.29) is 25.0 Å². The van der Waals surface area contributed by atoms with Crippen LogP contribution >= 0.6 is 22.9 Å². The number of carbonyl (C=O) groups is 2. The lowest BCUT2D eigenvalue weighted by molar-refractivity contribution is -0.132. The number of nitrogens with zero attached hydrogens (tertiary/aromatic N) is 2. The van der Waals surface area contributed by atoms with Gasteiger partial charge in [-0.1, -0.05) is 23.7 Å². The van der Waals surface area contributed by atoms with Gasteiger partial charge in [-0.05, 0) is 72.3 Å². The maximum absolute atomic E-state index is 13.5. The van der Waals surface area contributed by atoms with Gasteiger partial charge in [-0.3, -0.25) is 4.79 Å². The molecule has 1 aromatic heterocycles. The van der Waals surface area contributed by atoms with Gasteiger partial charge in [-0.15, -0.1) is 17.9 Å². The quantitative estimate of drug-likeness (QED) is 0.285. The molecule has 0 saturated heterocycles. The second kappa shape index (κ2) is 13.7. The van der Waals surface area contributed by atoms with Gasteiger partial charge < -0.3 is 24.6 Å². The molecule has 0 saturated carbocycles. The van der Waals surface area contributed by atoms with Crippen molar-refractivity contribution in [3.63, 3.8) is 0 Å². The molecule has 0 aliphatic carbocycles. The first kappa shape index (κ1) is 28.1. The monoisotopic (exact) mass is 541 g/mol. The molecule has 3 aromatic rings. The Hall–Kier alpha value is -3.49. The lowest BCUT2D eigenvalue weighted by Gasteiger charge is -2.27. The number of benzene rings is 2. The summed E-state index contributed by atoms with van der Waals surface area (Å²) in [5.41, 5.74) is 2.74. The van der Waals surface area contributed by atoms with Gasteiger partial charge in [0.25, 0.3) is 0 Å². The molecule has 0 aliphatic heterocycles. The Morgan fingerprint density at radius 1 is 1.05 bits per heavy atom. The SMILES string of the molecule is C=CCN(CC(=O)N(CCc1ccc(OC)c(OC)c1)Cc1sccc1C)C(=O)Nc1ccc(Cl)cc1. The van der Waals surface area contributed by atoms with Crippen molar-refractivity contribution in [1.29, 1.82) is 0 Å². The highest BCUT2D eigenvalue weighted by atomic mass is 35.5. The third-order valence-corrected chi connectivity index (χ3v) is 7.09. The number of rotatable bonds is 12. The Balaban J connectivity index is 1.75. The molecule has 0 spiro atoms. The molecule has 2 aromatic carbocycles. The number of nitrogens with one attached hydrogen (secondary N) is 1. The third-order valence-electron chi connectivity index (χ3n) is 5.83. The minimum absolute atomic E-state index is 0.0815. The van der Waals surface area contributed by atoms with Crippen LogP contribution in [0.5, 0.6) is 11.5 Å². The first-order valence-corrected chi connectivity index (χ1v) is 13.0. The fourth-order valence-corrected chi connectivity index (χ4v) is 4.75. The summed E-state index contributed by atoms with van der Waals surface area (Å²) in [5, 5.41) is 5.41. The van der Waals surface area contributed by atoms with E-state index in [1.54, 1.807) is 60.8 Å². The van der Waals surface area contributed by atoms with Gasteiger partial charge in [0.1, 0.15) is 6.54 Å². The lowest BCUT2D eigenvalue weighted by atomic mass is 10.1. The van der Waals surface area contributed by atoms with Crippen LogP contribution in [-0.2, 0) is 17.8 Å². The average Bonchev–Trinajstić information content (AvgIpc) is 3.31. The number of aryl methyl sites for hydroxylation is 1. The Kier molecular flexibility index (Phi) is 10.4. The van der Waals surface area contributed by atoms with E-state index in [1.807, 2.05) is 36.6 Å². The van der Waals surface area contributed by atoms with E-state index in [1.165, 1.54) is 4.90 Å². The summed E-state index contributed by atoms with van der Waals surface area (Å²) in [4.78, 5) is 30.8. The number of thiophene rings is 1. The Bertz CT molecular complexity index is 1210. The summed E-state index contributed by atoms with van der Waals surface area (Å²) in [6.07, 6.45) is 2.22. The molecule has 1 N–H and O–H groups in total. The zero-order valence-corrected chi connectivity index (χ0v) is 22.9. The van der Waals surface area contributed by atoms with Crippen molar-refractivity contribution in [2.75, 3.05) is 39.2 Å². The first-order valence-electron chi connectivity index (χ1n) is 11.8. The molecule has 9 heteroatoms. The van der Waals surface area contributed by atoms with Crippen molar-refractivity contribution >= 4 is 40.6 Å². The Labute approximate surface area is 227 Å². The van der Waals surface area contributed by atoms with Crippen LogP contribution in [0, 0.1) is 6.92 Å². The normalized spacial score (nSPS) is 10.5. The van der Waals surface area contributed by atoms with Crippen LogP contribution in [0.25, 0.3) is 0 Å². The van der Waals surface area contributed by atoms with Gasteiger partial charge in [-0.25, -0.2) is 4.79 Å². The zero-order valence-electron chi connectivity index (χ0n) is 21.3. The molecule has 0 radical (unpaired) electrons. The maximum Gasteiger partial charge on any atom is 0.322 e. The average molecular weight is 542 g/mol. The summed E-state index contributed by atoms with van der Waals surface area (Å²) < 4.78 is 10.8. The number of amides is 3. The van der Waals surface area contributed by atoms with Crippen LogP contribution in [0.2, 0.25) is 5.02 Å². The molecule has 3 rings (SSSR count). The maximum atomic E-state index is 13.5. The molecule has 37 heavy (non-hydrogen) atoms. The fourth-order valence-electron chi connectivity index (χ4n) is 3.71. The number of halogens is 1. The summed E-state index contributed by atoms with van der Waals surface area (Å²) in [6.45, 7) is 6.88. The highest BCUT2D eigenvalue weighted by Gasteiger charge is 2.22. The van der Waals surface area contributed by atoms with Crippen molar-refractivity contribution in [2.45, 2.75) is 19.9 Å². The highest BCUT2D eigenvalue weighted by Crippen LogP contribution is 2.28. The van der Waals surface area contributed by atoms with Crippen LogP contribution in [0.4, 0.5) is 10.5 Å². The van der Waals surface area contributed by atoms with Gasteiger partial charge in [0.05, 0.1) is 20.8 Å². The van der Waals surface area contributed by atoms with Gasteiger partial charge in [0, 0.05) is 28.7 Å². The number of hydrogen-bond donors (Lipinski definition) is 1. The van der Waals surface area contributed by atoms with Crippen molar-refractivity contribution in [2.24, 2.45) is 0 Å². The fraction of sp³-hybridized carbons (Fsp3) is 0.286. The first-order chi connectivity index (χ1) is 17.8. The smallest absolute Gasteiger partial charge is 0.322 e. The highest BCUT2D eigenvalue weighted by molar-refractivity contribution is 7.10. The van der Waals surface area contributed by atoms with Crippen LogP contribution in [0.15, 0.2) is 66.6 Å². The molecule has 196 valence electrons. The second-order valence-electron chi connectivity index (χ2n) is 8.39. The molecule has 0 fully saturated rings. The van der Waals surface area contributed by atoms with Crippen molar-refractivity contribution in [3.05, 3.63) is 87.6 Å². The number of carbonyl (C=O) groups excluding carboxylic acids is 2. The molecule has 0 unspecified atom stereocenters. The molecule has 0 atom stereocenters. The van der Waals surface area contributed by atoms with E-state index in [2.05, 4.69) is 11.9 Å². The van der Waals surface area contributed by atoms with E-state index >= 15 is 0 Å².